The Morgan fingerprint density at radius 2 is 1.89 bits per heavy atom. The number of hydrogen-bond acceptors (Lipinski definition) is 1. The summed E-state index contributed by atoms with van der Waals surface area (Å²) < 4.78 is 0. The zero-order chi connectivity index (χ0) is 13.5. The quantitative estimate of drug-likeness (QED) is 0.764. The average molecular weight is 259 g/mol. The topological polar surface area (TPSA) is 12.0 Å². The van der Waals surface area contributed by atoms with E-state index in [-0.39, 0.29) is 0 Å². The van der Waals surface area contributed by atoms with Gasteiger partial charge in [0.25, 0.3) is 0 Å². The molecule has 0 aliphatic heterocycles. The number of rotatable bonds is 5. The van der Waals surface area contributed by atoms with Crippen LogP contribution in [0.5, 0.6) is 0 Å². The summed E-state index contributed by atoms with van der Waals surface area (Å²) in [7, 11) is 0. The summed E-state index contributed by atoms with van der Waals surface area (Å²) in [5.74, 6) is 0.937. The molecule has 1 aromatic rings. The first-order valence-electron chi connectivity index (χ1n) is 8.04. The van der Waals surface area contributed by atoms with Crippen LogP contribution in [0, 0.1) is 5.92 Å². The van der Waals surface area contributed by atoms with Crippen LogP contribution in [0.25, 0.3) is 0 Å². The second-order valence-corrected chi connectivity index (χ2v) is 6.40. The van der Waals surface area contributed by atoms with Crippen molar-refractivity contribution in [3.8, 4) is 0 Å². The van der Waals surface area contributed by atoms with Gasteiger partial charge in [0, 0.05) is 12.1 Å². The molecule has 1 aliphatic rings. The molecule has 0 radical (unpaired) electrons. The maximum atomic E-state index is 3.85. The Hall–Kier alpha value is -0.820. The van der Waals surface area contributed by atoms with E-state index in [4.69, 9.17) is 0 Å². The van der Waals surface area contributed by atoms with E-state index in [1.54, 1.807) is 0 Å². The third kappa shape index (κ3) is 5.36. The molecule has 0 bridgehead atoms. The number of nitrogens with one attached hydrogen (secondary N) is 1. The Bertz CT molecular complexity index is 346. The van der Waals surface area contributed by atoms with E-state index < -0.39 is 0 Å². The highest BCUT2D eigenvalue weighted by Gasteiger charge is 2.17. The van der Waals surface area contributed by atoms with Crippen LogP contribution in [-0.2, 0) is 6.42 Å². The van der Waals surface area contributed by atoms with E-state index in [9.17, 15) is 0 Å². The van der Waals surface area contributed by atoms with E-state index >= 15 is 0 Å². The van der Waals surface area contributed by atoms with E-state index in [1.807, 2.05) is 0 Å². The Labute approximate surface area is 118 Å². The van der Waals surface area contributed by atoms with Crippen molar-refractivity contribution in [2.75, 3.05) is 0 Å². The molecule has 0 heterocycles. The molecule has 2 rings (SSSR count). The Kier molecular flexibility index (Phi) is 5.91. The van der Waals surface area contributed by atoms with E-state index in [1.165, 1.54) is 50.5 Å². The van der Waals surface area contributed by atoms with Crippen molar-refractivity contribution in [2.24, 2.45) is 5.92 Å². The molecule has 1 N–H and O–H groups in total. The largest absolute Gasteiger partial charge is 0.311 e. The highest BCUT2D eigenvalue weighted by Crippen LogP contribution is 2.23. The molecule has 1 nitrogen and oxygen atoms in total. The van der Waals surface area contributed by atoms with Gasteiger partial charge >= 0.3 is 0 Å². The van der Waals surface area contributed by atoms with Gasteiger partial charge in [-0.2, -0.15) is 0 Å². The van der Waals surface area contributed by atoms with Crippen molar-refractivity contribution >= 4 is 0 Å². The highest BCUT2D eigenvalue weighted by molar-refractivity contribution is 5.14. The van der Waals surface area contributed by atoms with Gasteiger partial charge in [0.05, 0.1) is 0 Å². The molecule has 1 heteroatoms. The summed E-state index contributed by atoms with van der Waals surface area (Å²) in [5, 5.41) is 3.85. The van der Waals surface area contributed by atoms with Gasteiger partial charge in [0.2, 0.25) is 0 Å². The lowest BCUT2D eigenvalue weighted by molar-refractivity contribution is 0.390. The third-order valence-electron chi connectivity index (χ3n) is 4.49. The predicted molar refractivity (Wildman–Crippen MR) is 83.4 cm³/mol. The number of aryl methyl sites for hydroxylation is 1. The van der Waals surface area contributed by atoms with Crippen LogP contribution in [0.1, 0.15) is 57.9 Å². The molecule has 1 aromatic carbocycles. The smallest absolute Gasteiger partial charge is 0.00696 e. The van der Waals surface area contributed by atoms with Crippen LogP contribution in [0.4, 0.5) is 0 Å². The van der Waals surface area contributed by atoms with Crippen LogP contribution < -0.4 is 5.32 Å². The normalized spacial score (nSPS) is 25.8. The lowest BCUT2D eigenvalue weighted by atomic mass is 10.0. The average Bonchev–Trinajstić information content (AvgIpc) is 2.63. The zero-order valence-corrected chi connectivity index (χ0v) is 12.6. The lowest BCUT2D eigenvalue weighted by Crippen LogP contribution is -2.36. The van der Waals surface area contributed by atoms with Crippen molar-refractivity contribution < 1.29 is 0 Å². The monoisotopic (exact) mass is 259 g/mol. The van der Waals surface area contributed by atoms with Gasteiger partial charge in [-0.1, -0.05) is 50.1 Å². The first kappa shape index (κ1) is 14.6. The van der Waals surface area contributed by atoms with Crippen molar-refractivity contribution in [1.29, 1.82) is 0 Å². The van der Waals surface area contributed by atoms with Gasteiger partial charge in [-0.15, -0.1) is 0 Å². The molecular formula is C18H29N. The molecular weight excluding hydrogens is 230 g/mol. The zero-order valence-electron chi connectivity index (χ0n) is 12.6. The Morgan fingerprint density at radius 3 is 2.68 bits per heavy atom. The van der Waals surface area contributed by atoms with Crippen LogP contribution in [-0.4, -0.2) is 12.1 Å². The predicted octanol–water partition coefficient (Wildman–Crippen LogP) is 4.57. The van der Waals surface area contributed by atoms with E-state index in [2.05, 4.69) is 49.5 Å². The summed E-state index contributed by atoms with van der Waals surface area (Å²) in [6, 6.07) is 12.2. The van der Waals surface area contributed by atoms with Gasteiger partial charge in [-0.05, 0) is 50.5 Å². The molecule has 1 aliphatic carbocycles. The fourth-order valence-electron chi connectivity index (χ4n) is 3.17. The fraction of sp³-hybridized carbons (Fsp3) is 0.667. The van der Waals surface area contributed by atoms with Crippen LogP contribution in [0.15, 0.2) is 30.3 Å². The molecule has 106 valence electrons. The summed E-state index contributed by atoms with van der Waals surface area (Å²) >= 11 is 0. The van der Waals surface area contributed by atoms with Gasteiger partial charge in [-0.3, -0.25) is 0 Å². The second kappa shape index (κ2) is 7.69. The van der Waals surface area contributed by atoms with Crippen molar-refractivity contribution in [3.05, 3.63) is 35.9 Å². The van der Waals surface area contributed by atoms with Gasteiger partial charge in [-0.25, -0.2) is 0 Å². The molecule has 1 saturated carbocycles. The minimum absolute atomic E-state index is 0.638. The molecule has 0 saturated heterocycles. The second-order valence-electron chi connectivity index (χ2n) is 6.40. The summed E-state index contributed by atoms with van der Waals surface area (Å²) in [4.78, 5) is 0. The third-order valence-corrected chi connectivity index (χ3v) is 4.49. The minimum Gasteiger partial charge on any atom is -0.311 e. The molecule has 1 fully saturated rings. The number of hydrogen-bond donors (Lipinski definition) is 1. The van der Waals surface area contributed by atoms with E-state index in [0.717, 1.165) is 12.0 Å². The van der Waals surface area contributed by atoms with Gasteiger partial charge < -0.3 is 5.32 Å². The minimum atomic E-state index is 0.638. The Balaban J connectivity index is 1.70. The maximum absolute atomic E-state index is 3.85. The molecule has 3 atom stereocenters. The first-order valence-corrected chi connectivity index (χ1v) is 8.04. The Morgan fingerprint density at radius 1 is 1.11 bits per heavy atom. The molecule has 0 amide bonds. The highest BCUT2D eigenvalue weighted by atomic mass is 14.9. The van der Waals surface area contributed by atoms with Crippen molar-refractivity contribution in [3.63, 3.8) is 0 Å². The molecule has 3 unspecified atom stereocenters. The molecule has 0 spiro atoms. The first-order chi connectivity index (χ1) is 9.24. The van der Waals surface area contributed by atoms with E-state index in [0.29, 0.717) is 6.04 Å². The SMILES string of the molecule is CC1CCCC(NC(C)CCc2ccccc2)CC1. The lowest BCUT2D eigenvalue weighted by Gasteiger charge is -2.22. The van der Waals surface area contributed by atoms with Crippen LogP contribution in [0.2, 0.25) is 0 Å². The van der Waals surface area contributed by atoms with Crippen molar-refractivity contribution in [1.82, 2.24) is 5.32 Å². The maximum Gasteiger partial charge on any atom is 0.00696 e. The van der Waals surface area contributed by atoms with Gasteiger partial charge in [0.15, 0.2) is 0 Å². The summed E-state index contributed by atoms with van der Waals surface area (Å²) in [6.07, 6.45) is 9.43. The van der Waals surface area contributed by atoms with Crippen LogP contribution in [0.3, 0.4) is 0 Å². The standard InChI is InChI=1S/C18H29N/c1-15-7-6-10-18(14-11-15)19-16(2)12-13-17-8-4-3-5-9-17/h3-5,8-9,15-16,18-19H,6-7,10-14H2,1-2H3. The van der Waals surface area contributed by atoms with Crippen molar-refractivity contribution in [2.45, 2.75) is 70.9 Å². The van der Waals surface area contributed by atoms with Gasteiger partial charge in [0.1, 0.15) is 0 Å². The number of benzene rings is 1. The summed E-state index contributed by atoms with van der Waals surface area (Å²) in [6.45, 7) is 4.75. The fourth-order valence-corrected chi connectivity index (χ4v) is 3.17. The van der Waals surface area contributed by atoms with Crippen LogP contribution >= 0.6 is 0 Å². The molecule has 0 aromatic heterocycles. The molecule has 19 heavy (non-hydrogen) atoms. The summed E-state index contributed by atoms with van der Waals surface area (Å²) in [5.41, 5.74) is 1.46.